The van der Waals surface area contributed by atoms with Gasteiger partial charge in [0, 0.05) is 24.7 Å². The van der Waals surface area contributed by atoms with Crippen LogP contribution in [0.5, 0.6) is 0 Å². The van der Waals surface area contributed by atoms with Gasteiger partial charge in [-0.3, -0.25) is 9.59 Å². The van der Waals surface area contributed by atoms with Gasteiger partial charge in [-0.2, -0.15) is 5.10 Å². The fourth-order valence-electron chi connectivity index (χ4n) is 4.70. The molecule has 0 radical (unpaired) electrons. The molecule has 1 aliphatic carbocycles. The number of hydrogen-bond acceptors (Lipinski definition) is 4. The highest BCUT2D eigenvalue weighted by atomic mass is 16.2. The molecule has 1 saturated carbocycles. The molecule has 2 aromatic rings. The lowest BCUT2D eigenvalue weighted by molar-refractivity contribution is -0.127. The van der Waals surface area contributed by atoms with Crippen LogP contribution in [0.1, 0.15) is 56.2 Å². The number of rotatable bonds is 5. The summed E-state index contributed by atoms with van der Waals surface area (Å²) in [7, 11) is 0. The third-order valence-electron chi connectivity index (χ3n) is 6.32. The lowest BCUT2D eigenvalue weighted by atomic mass is 9.91. The van der Waals surface area contributed by atoms with Crippen molar-refractivity contribution in [2.45, 2.75) is 64.5 Å². The largest absolute Gasteiger partial charge is 0.353 e. The van der Waals surface area contributed by atoms with E-state index < -0.39 is 0 Å². The number of aryl methyl sites for hydroxylation is 2. The van der Waals surface area contributed by atoms with E-state index in [0.29, 0.717) is 12.6 Å². The molecule has 2 amide bonds. The number of aromatic nitrogens is 3. The Morgan fingerprint density at radius 3 is 2.72 bits per heavy atom. The molecule has 1 aromatic carbocycles. The predicted octanol–water partition coefficient (Wildman–Crippen LogP) is 2.80. The second-order valence-corrected chi connectivity index (χ2v) is 8.23. The zero-order valence-electron chi connectivity index (χ0n) is 17.2. The number of anilines is 1. The summed E-state index contributed by atoms with van der Waals surface area (Å²) in [4.78, 5) is 31.4. The Labute approximate surface area is 171 Å². The molecule has 154 valence electrons. The van der Waals surface area contributed by atoms with Crippen LogP contribution in [0.4, 0.5) is 5.69 Å². The van der Waals surface area contributed by atoms with Crippen molar-refractivity contribution in [3.63, 3.8) is 0 Å². The van der Waals surface area contributed by atoms with E-state index in [1.165, 1.54) is 0 Å². The SMILES string of the molecule is CCc1cccc(C)c1N1CC(C(=O)NC2CCC(n3cncn3)CC2)CC1=O. The summed E-state index contributed by atoms with van der Waals surface area (Å²) >= 11 is 0. The molecule has 1 aromatic heterocycles. The van der Waals surface area contributed by atoms with Crippen molar-refractivity contribution in [1.29, 1.82) is 0 Å². The van der Waals surface area contributed by atoms with Crippen LogP contribution < -0.4 is 10.2 Å². The molecule has 2 fully saturated rings. The maximum atomic E-state index is 12.9. The van der Waals surface area contributed by atoms with E-state index in [-0.39, 0.29) is 30.2 Å². The van der Waals surface area contributed by atoms with Crippen LogP contribution in [0.3, 0.4) is 0 Å². The van der Waals surface area contributed by atoms with E-state index in [1.54, 1.807) is 12.7 Å². The fourth-order valence-corrected chi connectivity index (χ4v) is 4.70. The number of carbonyl (C=O) groups excluding carboxylic acids is 2. The summed E-state index contributed by atoms with van der Waals surface area (Å²) in [6.07, 6.45) is 8.30. The number of benzene rings is 1. The average Bonchev–Trinajstić information content (AvgIpc) is 3.38. The van der Waals surface area contributed by atoms with Crippen molar-refractivity contribution >= 4 is 17.5 Å². The zero-order chi connectivity index (χ0) is 20.4. The van der Waals surface area contributed by atoms with Crippen molar-refractivity contribution in [1.82, 2.24) is 20.1 Å². The monoisotopic (exact) mass is 395 g/mol. The van der Waals surface area contributed by atoms with Crippen LogP contribution in [0.25, 0.3) is 0 Å². The van der Waals surface area contributed by atoms with Crippen LogP contribution in [0.2, 0.25) is 0 Å². The smallest absolute Gasteiger partial charge is 0.227 e. The molecular formula is C22H29N5O2. The van der Waals surface area contributed by atoms with E-state index in [0.717, 1.165) is 48.9 Å². The molecule has 1 saturated heterocycles. The quantitative estimate of drug-likeness (QED) is 0.844. The number of hydrogen-bond donors (Lipinski definition) is 1. The van der Waals surface area contributed by atoms with Gasteiger partial charge in [-0.15, -0.1) is 0 Å². The normalized spacial score (nSPS) is 24.7. The summed E-state index contributed by atoms with van der Waals surface area (Å²) in [6, 6.07) is 6.66. The molecule has 2 heterocycles. The minimum atomic E-state index is -0.278. The molecule has 0 spiro atoms. The summed E-state index contributed by atoms with van der Waals surface area (Å²) in [5.74, 6) is -0.222. The first-order valence-corrected chi connectivity index (χ1v) is 10.6. The molecule has 7 nitrogen and oxygen atoms in total. The molecule has 1 unspecified atom stereocenters. The van der Waals surface area contributed by atoms with Gasteiger partial charge in [0.1, 0.15) is 12.7 Å². The summed E-state index contributed by atoms with van der Waals surface area (Å²) in [6.45, 7) is 4.60. The average molecular weight is 396 g/mol. The summed E-state index contributed by atoms with van der Waals surface area (Å²) in [5.41, 5.74) is 3.24. The lowest BCUT2D eigenvalue weighted by Gasteiger charge is -2.29. The van der Waals surface area contributed by atoms with Crippen molar-refractivity contribution in [2.75, 3.05) is 11.4 Å². The van der Waals surface area contributed by atoms with Crippen LogP contribution in [-0.2, 0) is 16.0 Å². The topological polar surface area (TPSA) is 80.1 Å². The number of nitrogens with zero attached hydrogens (tertiary/aromatic N) is 4. The predicted molar refractivity (Wildman–Crippen MR) is 110 cm³/mol. The van der Waals surface area contributed by atoms with Crippen LogP contribution in [0, 0.1) is 12.8 Å². The Hall–Kier alpha value is -2.70. The molecule has 0 bridgehead atoms. The van der Waals surface area contributed by atoms with E-state index in [4.69, 9.17) is 0 Å². The molecular weight excluding hydrogens is 366 g/mol. The second kappa shape index (κ2) is 8.35. The van der Waals surface area contributed by atoms with Gasteiger partial charge in [-0.1, -0.05) is 25.1 Å². The van der Waals surface area contributed by atoms with Crippen molar-refractivity contribution in [2.24, 2.45) is 5.92 Å². The molecule has 2 aliphatic rings. The van der Waals surface area contributed by atoms with Crippen molar-refractivity contribution in [3.05, 3.63) is 42.0 Å². The molecule has 1 aliphatic heterocycles. The third-order valence-corrected chi connectivity index (χ3v) is 6.32. The van der Waals surface area contributed by atoms with E-state index >= 15 is 0 Å². The Morgan fingerprint density at radius 1 is 1.24 bits per heavy atom. The minimum absolute atomic E-state index is 0.0108. The number of amides is 2. The highest BCUT2D eigenvalue weighted by molar-refractivity contribution is 6.01. The van der Waals surface area contributed by atoms with E-state index in [1.807, 2.05) is 28.6 Å². The number of carbonyl (C=O) groups is 2. The van der Waals surface area contributed by atoms with Crippen LogP contribution in [0.15, 0.2) is 30.9 Å². The Kier molecular flexibility index (Phi) is 5.65. The first-order chi connectivity index (χ1) is 14.1. The minimum Gasteiger partial charge on any atom is -0.353 e. The molecule has 4 rings (SSSR count). The van der Waals surface area contributed by atoms with Gasteiger partial charge in [0.25, 0.3) is 0 Å². The van der Waals surface area contributed by atoms with Crippen LogP contribution in [-0.4, -0.2) is 39.2 Å². The van der Waals surface area contributed by atoms with Gasteiger partial charge < -0.3 is 10.2 Å². The Morgan fingerprint density at radius 2 is 2.03 bits per heavy atom. The Balaban J connectivity index is 1.36. The fraction of sp³-hybridized carbons (Fsp3) is 0.545. The Bertz CT molecular complexity index is 871. The third kappa shape index (κ3) is 4.04. The van der Waals surface area contributed by atoms with Gasteiger partial charge in [-0.25, -0.2) is 9.67 Å². The highest BCUT2D eigenvalue weighted by Gasteiger charge is 2.37. The van der Waals surface area contributed by atoms with Gasteiger partial charge in [-0.05, 0) is 50.2 Å². The summed E-state index contributed by atoms with van der Waals surface area (Å²) < 4.78 is 1.92. The van der Waals surface area contributed by atoms with Crippen LogP contribution >= 0.6 is 0 Å². The first kappa shape index (κ1) is 19.6. The van der Waals surface area contributed by atoms with Crippen molar-refractivity contribution in [3.8, 4) is 0 Å². The summed E-state index contributed by atoms with van der Waals surface area (Å²) in [5, 5.41) is 7.43. The maximum Gasteiger partial charge on any atom is 0.227 e. The number of nitrogens with one attached hydrogen (secondary N) is 1. The second-order valence-electron chi connectivity index (χ2n) is 8.23. The lowest BCUT2D eigenvalue weighted by Crippen LogP contribution is -2.42. The van der Waals surface area contributed by atoms with Gasteiger partial charge in [0.2, 0.25) is 11.8 Å². The first-order valence-electron chi connectivity index (χ1n) is 10.6. The van der Waals surface area contributed by atoms with Gasteiger partial charge in [0.15, 0.2) is 0 Å². The molecule has 29 heavy (non-hydrogen) atoms. The molecule has 7 heteroatoms. The molecule has 1 atom stereocenters. The van der Waals surface area contributed by atoms with Gasteiger partial charge >= 0.3 is 0 Å². The van der Waals surface area contributed by atoms with Gasteiger partial charge in [0.05, 0.1) is 12.0 Å². The number of para-hydroxylation sites is 1. The highest BCUT2D eigenvalue weighted by Crippen LogP contribution is 2.32. The zero-order valence-corrected chi connectivity index (χ0v) is 17.2. The molecule has 1 N–H and O–H groups in total. The van der Waals surface area contributed by atoms with Crippen molar-refractivity contribution < 1.29 is 9.59 Å². The van der Waals surface area contributed by atoms with E-state index in [9.17, 15) is 9.59 Å². The van der Waals surface area contributed by atoms with E-state index in [2.05, 4.69) is 28.4 Å². The maximum absolute atomic E-state index is 12.9. The standard InChI is InChI=1S/C22H29N5O2/c1-3-16-6-4-5-15(2)21(16)26-12-17(11-20(26)28)22(29)25-18-7-9-19(10-8-18)27-14-23-13-24-27/h4-6,13-14,17-19H,3,7-12H2,1-2H3,(H,25,29).